The van der Waals surface area contributed by atoms with E-state index in [9.17, 15) is 9.59 Å². The van der Waals surface area contributed by atoms with Gasteiger partial charge in [-0.3, -0.25) is 9.59 Å². The fourth-order valence-corrected chi connectivity index (χ4v) is 2.12. The predicted octanol–water partition coefficient (Wildman–Crippen LogP) is 2.67. The number of hydrogen-bond donors (Lipinski definition) is 2. The molecule has 6 nitrogen and oxygen atoms in total. The summed E-state index contributed by atoms with van der Waals surface area (Å²) in [5, 5.41) is 2.67. The smallest absolute Gasteiger partial charge is 0.261 e. The third kappa shape index (κ3) is 4.42. The molecular weight excluding hydrogens is 294 g/mol. The van der Waals surface area contributed by atoms with Crippen molar-refractivity contribution in [2.24, 2.45) is 5.92 Å². The number of nitrogens with zero attached hydrogens (tertiary/aromatic N) is 1. The van der Waals surface area contributed by atoms with Gasteiger partial charge in [0, 0.05) is 11.8 Å². The summed E-state index contributed by atoms with van der Waals surface area (Å²) in [6.07, 6.45) is 1.51. The first-order valence-electron chi connectivity index (χ1n) is 7.47. The van der Waals surface area contributed by atoms with E-state index in [4.69, 9.17) is 4.74 Å². The largest absolute Gasteiger partial charge is 0.477 e. The number of hydrogen-bond acceptors (Lipinski definition) is 4. The van der Waals surface area contributed by atoms with Crippen LogP contribution < -0.4 is 15.6 Å². The van der Waals surface area contributed by atoms with E-state index in [0.29, 0.717) is 29.7 Å². The van der Waals surface area contributed by atoms with Crippen LogP contribution in [0.1, 0.15) is 35.5 Å². The highest BCUT2D eigenvalue weighted by Gasteiger charge is 2.14. The van der Waals surface area contributed by atoms with Gasteiger partial charge in [-0.05, 0) is 37.5 Å². The van der Waals surface area contributed by atoms with Gasteiger partial charge in [0.25, 0.3) is 11.5 Å². The fourth-order valence-electron chi connectivity index (χ4n) is 2.12. The molecule has 0 unspecified atom stereocenters. The van der Waals surface area contributed by atoms with E-state index < -0.39 is 11.5 Å². The van der Waals surface area contributed by atoms with Crippen molar-refractivity contribution in [1.29, 1.82) is 0 Å². The van der Waals surface area contributed by atoms with Crippen LogP contribution in [0, 0.1) is 19.8 Å². The van der Waals surface area contributed by atoms with Crippen molar-refractivity contribution in [3.05, 3.63) is 51.6 Å². The summed E-state index contributed by atoms with van der Waals surface area (Å²) in [4.78, 5) is 31.0. The van der Waals surface area contributed by atoms with E-state index in [1.807, 2.05) is 0 Å². The zero-order chi connectivity index (χ0) is 17.0. The zero-order valence-corrected chi connectivity index (χ0v) is 13.8. The first kappa shape index (κ1) is 16.7. The van der Waals surface area contributed by atoms with Gasteiger partial charge in [0.15, 0.2) is 0 Å². The molecule has 0 bridgehead atoms. The van der Waals surface area contributed by atoms with Crippen molar-refractivity contribution >= 4 is 11.6 Å². The Bertz CT molecular complexity index is 749. The Morgan fingerprint density at radius 1 is 1.35 bits per heavy atom. The summed E-state index contributed by atoms with van der Waals surface area (Å²) in [6, 6.07) is 5.14. The molecule has 0 aliphatic heterocycles. The highest BCUT2D eigenvalue weighted by atomic mass is 16.5. The molecule has 0 saturated heterocycles. The molecule has 2 rings (SSSR count). The average molecular weight is 315 g/mol. The zero-order valence-electron chi connectivity index (χ0n) is 13.8. The molecule has 2 heterocycles. The van der Waals surface area contributed by atoms with E-state index in [1.165, 1.54) is 6.20 Å². The highest BCUT2D eigenvalue weighted by molar-refractivity contribution is 6.04. The lowest BCUT2D eigenvalue weighted by molar-refractivity contribution is 0.102. The number of anilines is 1. The molecule has 2 N–H and O–H groups in total. The van der Waals surface area contributed by atoms with Crippen molar-refractivity contribution in [3.63, 3.8) is 0 Å². The molecule has 2 aromatic heterocycles. The number of rotatable bonds is 5. The molecule has 0 fully saturated rings. The standard InChI is InChI=1S/C17H21N3O3/c1-10(2)9-23-14-6-5-13(8-18-14)20-17(22)15-11(3)7-12(4)19-16(15)21/h5-8,10H,9H2,1-4H3,(H,19,21)(H,20,22). The molecule has 1 amide bonds. The number of carbonyl (C=O) groups excluding carboxylic acids is 1. The molecule has 122 valence electrons. The van der Waals surface area contributed by atoms with Crippen LogP contribution in [0.2, 0.25) is 0 Å². The van der Waals surface area contributed by atoms with Crippen molar-refractivity contribution in [1.82, 2.24) is 9.97 Å². The molecule has 2 aromatic rings. The number of aryl methyl sites for hydroxylation is 2. The maximum atomic E-state index is 12.3. The molecule has 6 heteroatoms. The number of carbonyl (C=O) groups is 1. The van der Waals surface area contributed by atoms with Gasteiger partial charge in [-0.2, -0.15) is 0 Å². The first-order chi connectivity index (χ1) is 10.9. The minimum absolute atomic E-state index is 0.107. The van der Waals surface area contributed by atoms with Crippen molar-refractivity contribution < 1.29 is 9.53 Å². The van der Waals surface area contributed by atoms with Crippen LogP contribution in [0.15, 0.2) is 29.2 Å². The van der Waals surface area contributed by atoms with Gasteiger partial charge in [0.1, 0.15) is 5.56 Å². The van der Waals surface area contributed by atoms with E-state index in [0.717, 1.165) is 5.69 Å². The summed E-state index contributed by atoms with van der Waals surface area (Å²) in [6.45, 7) is 8.19. The van der Waals surface area contributed by atoms with Crippen LogP contribution in [0.4, 0.5) is 5.69 Å². The molecule has 0 saturated carbocycles. The van der Waals surface area contributed by atoms with Crippen LogP contribution in [-0.2, 0) is 0 Å². The summed E-state index contributed by atoms with van der Waals surface area (Å²) >= 11 is 0. The first-order valence-corrected chi connectivity index (χ1v) is 7.47. The third-order valence-electron chi connectivity index (χ3n) is 3.15. The minimum atomic E-state index is -0.457. The lowest BCUT2D eigenvalue weighted by Crippen LogP contribution is -2.25. The molecule has 23 heavy (non-hydrogen) atoms. The predicted molar refractivity (Wildman–Crippen MR) is 89.1 cm³/mol. The summed E-state index contributed by atoms with van der Waals surface area (Å²) in [7, 11) is 0. The molecule has 0 radical (unpaired) electrons. The Morgan fingerprint density at radius 3 is 2.65 bits per heavy atom. The topological polar surface area (TPSA) is 84.1 Å². The van der Waals surface area contributed by atoms with Crippen LogP contribution in [0.3, 0.4) is 0 Å². The number of H-pyrrole nitrogens is 1. The molecule has 0 aliphatic rings. The van der Waals surface area contributed by atoms with Gasteiger partial charge < -0.3 is 15.0 Å². The lowest BCUT2D eigenvalue weighted by atomic mass is 10.1. The number of pyridine rings is 2. The van der Waals surface area contributed by atoms with Crippen LogP contribution in [0.5, 0.6) is 5.88 Å². The van der Waals surface area contributed by atoms with Crippen molar-refractivity contribution in [2.45, 2.75) is 27.7 Å². The van der Waals surface area contributed by atoms with Gasteiger partial charge in [0.2, 0.25) is 5.88 Å². The minimum Gasteiger partial charge on any atom is -0.477 e. The van der Waals surface area contributed by atoms with E-state index in [1.54, 1.807) is 32.0 Å². The van der Waals surface area contributed by atoms with Gasteiger partial charge in [0.05, 0.1) is 18.5 Å². The number of nitrogens with one attached hydrogen (secondary N) is 2. The van der Waals surface area contributed by atoms with Gasteiger partial charge in [-0.15, -0.1) is 0 Å². The Labute approximate surface area is 134 Å². The average Bonchev–Trinajstić information content (AvgIpc) is 2.45. The quantitative estimate of drug-likeness (QED) is 0.888. The van der Waals surface area contributed by atoms with Crippen molar-refractivity contribution in [3.8, 4) is 5.88 Å². The van der Waals surface area contributed by atoms with Crippen LogP contribution in [-0.4, -0.2) is 22.5 Å². The van der Waals surface area contributed by atoms with E-state index in [-0.39, 0.29) is 5.56 Å². The van der Waals surface area contributed by atoms with Crippen LogP contribution >= 0.6 is 0 Å². The van der Waals surface area contributed by atoms with E-state index in [2.05, 4.69) is 29.1 Å². The summed E-state index contributed by atoms with van der Waals surface area (Å²) in [5.41, 5.74) is 1.57. The molecule has 0 atom stereocenters. The molecule has 0 aliphatic carbocycles. The SMILES string of the molecule is Cc1cc(C)c(C(=O)Nc2ccc(OCC(C)C)nc2)c(=O)[nH]1. The molecule has 0 aromatic carbocycles. The number of ether oxygens (including phenoxy) is 1. The maximum absolute atomic E-state index is 12.3. The fraction of sp³-hybridized carbons (Fsp3) is 0.353. The maximum Gasteiger partial charge on any atom is 0.261 e. The van der Waals surface area contributed by atoms with Crippen molar-refractivity contribution in [2.75, 3.05) is 11.9 Å². The normalized spacial score (nSPS) is 10.7. The number of aromatic nitrogens is 2. The van der Waals surface area contributed by atoms with Gasteiger partial charge in [-0.25, -0.2) is 4.98 Å². The third-order valence-corrected chi connectivity index (χ3v) is 3.15. The Hall–Kier alpha value is -2.63. The summed E-state index contributed by atoms with van der Waals surface area (Å²) < 4.78 is 5.48. The highest BCUT2D eigenvalue weighted by Crippen LogP contribution is 2.14. The Balaban J connectivity index is 2.10. The van der Waals surface area contributed by atoms with Gasteiger partial charge in [-0.1, -0.05) is 13.8 Å². The summed E-state index contributed by atoms with van der Waals surface area (Å²) in [5.74, 6) is 0.454. The second-order valence-electron chi connectivity index (χ2n) is 5.88. The number of amides is 1. The second kappa shape index (κ2) is 7.09. The van der Waals surface area contributed by atoms with E-state index >= 15 is 0 Å². The Kier molecular flexibility index (Phi) is 5.16. The second-order valence-corrected chi connectivity index (χ2v) is 5.88. The molecule has 0 spiro atoms. The number of aromatic amines is 1. The Morgan fingerprint density at radius 2 is 2.09 bits per heavy atom. The van der Waals surface area contributed by atoms with Gasteiger partial charge >= 0.3 is 0 Å². The molecular formula is C17H21N3O3. The lowest BCUT2D eigenvalue weighted by Gasteiger charge is -2.09. The van der Waals surface area contributed by atoms with Crippen LogP contribution in [0.25, 0.3) is 0 Å². The monoisotopic (exact) mass is 315 g/mol.